The van der Waals surface area contributed by atoms with Crippen molar-refractivity contribution in [2.24, 2.45) is 11.0 Å². The molecular weight excluding hydrogens is 170 g/mol. The van der Waals surface area contributed by atoms with Gasteiger partial charge in [-0.1, -0.05) is 5.11 Å². The molecule has 72 valence electrons. The highest BCUT2D eigenvalue weighted by atomic mass is 16.5. The fourth-order valence-electron chi connectivity index (χ4n) is 1.67. The van der Waals surface area contributed by atoms with E-state index in [0.29, 0.717) is 0 Å². The third-order valence-electron chi connectivity index (χ3n) is 2.45. The number of rotatable bonds is 2. The van der Waals surface area contributed by atoms with Crippen LogP contribution in [0.3, 0.4) is 0 Å². The minimum Gasteiger partial charge on any atom is -0.469 e. The van der Waals surface area contributed by atoms with Crippen LogP contribution in [0.5, 0.6) is 0 Å². The Kier molecular flexibility index (Phi) is 3.58. The molecule has 5 heteroatoms. The first-order valence-electron chi connectivity index (χ1n) is 4.40. The maximum absolute atomic E-state index is 11.1. The molecule has 0 amide bonds. The molecule has 0 unspecified atom stereocenters. The number of carbonyl (C=O) groups is 1. The number of azide groups is 1. The zero-order chi connectivity index (χ0) is 9.68. The second-order valence-corrected chi connectivity index (χ2v) is 3.23. The SMILES string of the molecule is COC(=O)[C@H]1CC[C@H](N=[N+]=[N-])CC1. The normalized spacial score (nSPS) is 27.5. The van der Waals surface area contributed by atoms with Crippen molar-refractivity contribution < 1.29 is 9.53 Å². The molecule has 0 radical (unpaired) electrons. The average molecular weight is 183 g/mol. The fourth-order valence-corrected chi connectivity index (χ4v) is 1.67. The lowest BCUT2D eigenvalue weighted by Gasteiger charge is -2.23. The lowest BCUT2D eigenvalue weighted by molar-refractivity contribution is -0.146. The summed E-state index contributed by atoms with van der Waals surface area (Å²) >= 11 is 0. The highest BCUT2D eigenvalue weighted by Gasteiger charge is 2.25. The van der Waals surface area contributed by atoms with Gasteiger partial charge in [-0.05, 0) is 31.2 Å². The van der Waals surface area contributed by atoms with Crippen LogP contribution >= 0.6 is 0 Å². The largest absolute Gasteiger partial charge is 0.469 e. The fraction of sp³-hybridized carbons (Fsp3) is 0.875. The molecule has 0 saturated heterocycles. The van der Waals surface area contributed by atoms with Gasteiger partial charge in [-0.3, -0.25) is 4.79 Å². The van der Waals surface area contributed by atoms with Crippen molar-refractivity contribution in [1.29, 1.82) is 0 Å². The third-order valence-corrected chi connectivity index (χ3v) is 2.45. The molecule has 5 nitrogen and oxygen atoms in total. The summed E-state index contributed by atoms with van der Waals surface area (Å²) < 4.78 is 4.64. The summed E-state index contributed by atoms with van der Waals surface area (Å²) in [6.07, 6.45) is 3.14. The number of esters is 1. The van der Waals surface area contributed by atoms with Gasteiger partial charge < -0.3 is 4.74 Å². The first kappa shape index (κ1) is 9.86. The summed E-state index contributed by atoms with van der Waals surface area (Å²) in [5, 5.41) is 3.63. The van der Waals surface area contributed by atoms with E-state index in [2.05, 4.69) is 14.8 Å². The molecule has 0 spiro atoms. The van der Waals surface area contributed by atoms with Crippen molar-refractivity contribution in [3.05, 3.63) is 10.4 Å². The quantitative estimate of drug-likeness (QED) is 0.284. The minimum atomic E-state index is -0.139. The molecule has 1 saturated carbocycles. The number of hydrogen-bond donors (Lipinski definition) is 0. The van der Waals surface area contributed by atoms with Gasteiger partial charge in [0.1, 0.15) is 0 Å². The van der Waals surface area contributed by atoms with Gasteiger partial charge in [0.15, 0.2) is 0 Å². The van der Waals surface area contributed by atoms with Crippen molar-refractivity contribution in [2.75, 3.05) is 7.11 Å². The van der Waals surface area contributed by atoms with E-state index >= 15 is 0 Å². The predicted octanol–water partition coefficient (Wildman–Crippen LogP) is 2.03. The van der Waals surface area contributed by atoms with E-state index < -0.39 is 0 Å². The van der Waals surface area contributed by atoms with Gasteiger partial charge in [0, 0.05) is 11.0 Å². The second-order valence-electron chi connectivity index (χ2n) is 3.23. The van der Waals surface area contributed by atoms with Gasteiger partial charge in [-0.15, -0.1) is 0 Å². The van der Waals surface area contributed by atoms with Crippen LogP contribution in [0.25, 0.3) is 10.4 Å². The van der Waals surface area contributed by atoms with Gasteiger partial charge in [-0.25, -0.2) is 0 Å². The van der Waals surface area contributed by atoms with Gasteiger partial charge in [0.2, 0.25) is 0 Å². The summed E-state index contributed by atoms with van der Waals surface area (Å²) in [5.41, 5.74) is 8.21. The molecule has 1 fully saturated rings. The molecule has 1 aliphatic rings. The molecule has 0 aromatic heterocycles. The topological polar surface area (TPSA) is 75.1 Å². The first-order valence-corrected chi connectivity index (χ1v) is 4.40. The Morgan fingerprint density at radius 2 is 2.08 bits per heavy atom. The van der Waals surface area contributed by atoms with E-state index in [4.69, 9.17) is 5.53 Å². The Morgan fingerprint density at radius 1 is 1.46 bits per heavy atom. The smallest absolute Gasteiger partial charge is 0.308 e. The standard InChI is InChI=1S/C8H13N3O2/c1-13-8(12)6-2-4-7(5-3-6)10-11-9/h6-7H,2-5H2,1H3/t6-,7-. The van der Waals surface area contributed by atoms with Gasteiger partial charge >= 0.3 is 5.97 Å². The molecule has 0 aromatic carbocycles. The van der Waals surface area contributed by atoms with Gasteiger partial charge in [-0.2, -0.15) is 0 Å². The van der Waals surface area contributed by atoms with Crippen LogP contribution < -0.4 is 0 Å². The van der Waals surface area contributed by atoms with Crippen LogP contribution in [0.2, 0.25) is 0 Å². The lowest BCUT2D eigenvalue weighted by Crippen LogP contribution is -2.24. The first-order chi connectivity index (χ1) is 6.27. The summed E-state index contributed by atoms with van der Waals surface area (Å²) in [7, 11) is 1.40. The Balaban J connectivity index is 2.38. The highest BCUT2D eigenvalue weighted by molar-refractivity contribution is 5.72. The zero-order valence-electron chi connectivity index (χ0n) is 7.64. The molecule has 0 atom stereocenters. The van der Waals surface area contributed by atoms with E-state index in [1.165, 1.54) is 7.11 Å². The highest BCUT2D eigenvalue weighted by Crippen LogP contribution is 2.26. The number of nitrogens with zero attached hydrogens (tertiary/aromatic N) is 3. The van der Waals surface area contributed by atoms with Crippen LogP contribution in [0.15, 0.2) is 5.11 Å². The van der Waals surface area contributed by atoms with E-state index in [1.54, 1.807) is 0 Å². The molecule has 0 aliphatic heterocycles. The van der Waals surface area contributed by atoms with Crippen molar-refractivity contribution in [3.63, 3.8) is 0 Å². The summed E-state index contributed by atoms with van der Waals surface area (Å²) in [5.74, 6) is -0.130. The Bertz CT molecular complexity index is 228. The third kappa shape index (κ3) is 2.63. The van der Waals surface area contributed by atoms with E-state index in [0.717, 1.165) is 25.7 Å². The maximum Gasteiger partial charge on any atom is 0.308 e. The Hall–Kier alpha value is -1.22. The van der Waals surface area contributed by atoms with Crippen LogP contribution in [0, 0.1) is 5.92 Å². The Morgan fingerprint density at radius 3 is 2.54 bits per heavy atom. The van der Waals surface area contributed by atoms with Crippen LogP contribution in [0.1, 0.15) is 25.7 Å². The van der Waals surface area contributed by atoms with E-state index in [9.17, 15) is 4.79 Å². The summed E-state index contributed by atoms with van der Waals surface area (Å²) in [6, 6.07) is 0.0749. The number of methoxy groups -OCH3 is 1. The van der Waals surface area contributed by atoms with Crippen LogP contribution in [0.4, 0.5) is 0 Å². The molecule has 0 aromatic rings. The van der Waals surface area contributed by atoms with Crippen molar-refractivity contribution in [1.82, 2.24) is 0 Å². The van der Waals surface area contributed by atoms with Crippen molar-refractivity contribution in [3.8, 4) is 0 Å². The van der Waals surface area contributed by atoms with Crippen LogP contribution in [-0.4, -0.2) is 19.1 Å². The molecular formula is C8H13N3O2. The molecule has 13 heavy (non-hydrogen) atoms. The average Bonchev–Trinajstić information content (AvgIpc) is 2.18. The Labute approximate surface area is 76.7 Å². The number of ether oxygens (including phenoxy) is 1. The molecule has 1 rings (SSSR count). The van der Waals surface area contributed by atoms with Gasteiger partial charge in [0.05, 0.1) is 13.0 Å². The van der Waals surface area contributed by atoms with Crippen LogP contribution in [-0.2, 0) is 9.53 Å². The predicted molar refractivity (Wildman–Crippen MR) is 46.9 cm³/mol. The van der Waals surface area contributed by atoms with Crippen molar-refractivity contribution >= 4 is 5.97 Å². The molecule has 0 heterocycles. The monoisotopic (exact) mass is 183 g/mol. The molecule has 0 N–H and O–H groups in total. The molecule has 0 bridgehead atoms. The minimum absolute atomic E-state index is 0.00939. The van der Waals surface area contributed by atoms with E-state index in [1.807, 2.05) is 0 Å². The van der Waals surface area contributed by atoms with E-state index in [-0.39, 0.29) is 17.9 Å². The number of carbonyl (C=O) groups excluding carboxylic acids is 1. The zero-order valence-corrected chi connectivity index (χ0v) is 7.64. The number of hydrogen-bond acceptors (Lipinski definition) is 3. The summed E-state index contributed by atoms with van der Waals surface area (Å²) in [4.78, 5) is 13.9. The summed E-state index contributed by atoms with van der Waals surface area (Å²) in [6.45, 7) is 0. The van der Waals surface area contributed by atoms with Gasteiger partial charge in [0.25, 0.3) is 0 Å². The van der Waals surface area contributed by atoms with Crippen molar-refractivity contribution in [2.45, 2.75) is 31.7 Å². The maximum atomic E-state index is 11.1. The second kappa shape index (κ2) is 4.72. The molecule has 1 aliphatic carbocycles. The lowest BCUT2D eigenvalue weighted by atomic mass is 9.86.